The fourth-order valence-electron chi connectivity index (χ4n) is 7.27. The quantitative estimate of drug-likeness (QED) is 0.0480. The Kier molecular flexibility index (Phi) is 15.1. The highest BCUT2D eigenvalue weighted by Crippen LogP contribution is 2.27. The van der Waals surface area contributed by atoms with Crippen LogP contribution in [0, 0.1) is 11.7 Å². The van der Waals surface area contributed by atoms with E-state index in [4.69, 9.17) is 20.9 Å². The Hall–Kier alpha value is -7.51. The third-order valence-corrected chi connectivity index (χ3v) is 10.7. The van der Waals surface area contributed by atoms with Crippen molar-refractivity contribution in [1.29, 1.82) is 0 Å². The van der Waals surface area contributed by atoms with Crippen LogP contribution >= 0.6 is 0 Å². The van der Waals surface area contributed by atoms with E-state index in [0.29, 0.717) is 54.9 Å². The van der Waals surface area contributed by atoms with Gasteiger partial charge in [-0.3, -0.25) is 14.6 Å². The van der Waals surface area contributed by atoms with Gasteiger partial charge in [0.1, 0.15) is 36.3 Å². The number of carboxylic acids is 1. The number of fused-ring (bicyclic) bond motifs is 1. The summed E-state index contributed by atoms with van der Waals surface area (Å²) in [5, 5.41) is 23.8. The number of amides is 3. The van der Waals surface area contributed by atoms with E-state index in [9.17, 15) is 29.1 Å². The molecule has 1 aliphatic rings. The summed E-state index contributed by atoms with van der Waals surface area (Å²) in [4.78, 5) is 71.3. The van der Waals surface area contributed by atoms with Crippen molar-refractivity contribution in [2.75, 3.05) is 42.9 Å². The van der Waals surface area contributed by atoms with Gasteiger partial charge in [0.2, 0.25) is 11.3 Å². The molecule has 6 rings (SSSR count). The highest BCUT2D eigenvalue weighted by Gasteiger charge is 2.28. The lowest BCUT2D eigenvalue weighted by atomic mass is 10.0. The number of rotatable bonds is 17. The van der Waals surface area contributed by atoms with Crippen molar-refractivity contribution < 1.29 is 38.1 Å². The summed E-state index contributed by atoms with van der Waals surface area (Å²) in [5.74, 6) is -2.59. The molecule has 64 heavy (non-hydrogen) atoms. The number of aryl methyl sites for hydroxylation is 1. The zero-order chi connectivity index (χ0) is 45.9. The Morgan fingerprint density at radius 1 is 0.938 bits per heavy atom. The number of aromatic nitrogens is 4. The number of nitrogens with zero attached hydrogens (tertiary/aromatic N) is 7. The topological polar surface area (TPSA) is 255 Å². The average Bonchev–Trinajstić information content (AvgIpc) is 3.76. The largest absolute Gasteiger partial charge is 0.477 e. The number of nitrogens with one attached hydrogen (secondary N) is 2. The molecule has 5 aromatic rings. The number of benzene rings is 3. The van der Waals surface area contributed by atoms with E-state index in [0.717, 1.165) is 11.6 Å². The van der Waals surface area contributed by atoms with Crippen molar-refractivity contribution in [3.63, 3.8) is 0 Å². The molecule has 1 aliphatic heterocycles. The molecule has 0 aliphatic carbocycles. The number of aromatic carboxylic acids is 1. The van der Waals surface area contributed by atoms with Crippen LogP contribution in [-0.2, 0) is 34.0 Å². The summed E-state index contributed by atoms with van der Waals surface area (Å²) < 4.78 is 29.4. The summed E-state index contributed by atoms with van der Waals surface area (Å²) in [6.07, 6.45) is 2.47. The third kappa shape index (κ3) is 11.5. The van der Waals surface area contributed by atoms with Crippen LogP contribution in [0.1, 0.15) is 72.9 Å². The molecule has 0 saturated carbocycles. The number of hydrogen-bond donors (Lipinski definition) is 5. The number of halogens is 1. The van der Waals surface area contributed by atoms with Gasteiger partial charge in [0, 0.05) is 56.5 Å². The first-order chi connectivity index (χ1) is 30.7. The SMILES string of the molecule is CCn1cc(C(=O)O)c(=O)c2cc(F)c(N3CCN(C(=O)OCc4ccc(NC(=O)[C@H](CCCN=C(N)N)n5cc(C(NC(=O)OCc6ccccc6)C(C)C)nn5)cc4)CC3)cc21. The van der Waals surface area contributed by atoms with Gasteiger partial charge in [0.15, 0.2) is 5.96 Å². The first-order valence-corrected chi connectivity index (χ1v) is 20.8. The van der Waals surface area contributed by atoms with Gasteiger partial charge in [-0.25, -0.2) is 23.5 Å². The van der Waals surface area contributed by atoms with Crippen LogP contribution in [0.5, 0.6) is 0 Å². The maximum absolute atomic E-state index is 15.4. The summed E-state index contributed by atoms with van der Waals surface area (Å²) in [6.45, 7) is 7.40. The maximum Gasteiger partial charge on any atom is 0.410 e. The zero-order valence-corrected chi connectivity index (χ0v) is 35.8. The van der Waals surface area contributed by atoms with E-state index in [-0.39, 0.29) is 61.7 Å². The molecule has 1 fully saturated rings. The predicted octanol–water partition coefficient (Wildman–Crippen LogP) is 4.77. The normalized spacial score (nSPS) is 13.6. The molecule has 19 nitrogen and oxygen atoms in total. The van der Waals surface area contributed by atoms with E-state index in [2.05, 4.69) is 25.9 Å². The summed E-state index contributed by atoms with van der Waals surface area (Å²) >= 11 is 0. The van der Waals surface area contributed by atoms with Gasteiger partial charge < -0.3 is 51.0 Å². The van der Waals surface area contributed by atoms with Crippen LogP contribution in [0.4, 0.5) is 25.4 Å². The highest BCUT2D eigenvalue weighted by molar-refractivity contribution is 5.94. The number of alkyl carbamates (subject to hydrolysis) is 1. The molecule has 3 amide bonds. The van der Waals surface area contributed by atoms with E-state index < -0.39 is 47.0 Å². The molecule has 338 valence electrons. The molecule has 1 saturated heterocycles. The van der Waals surface area contributed by atoms with E-state index in [1.807, 2.05) is 44.2 Å². The lowest BCUT2D eigenvalue weighted by molar-refractivity contribution is -0.119. The Morgan fingerprint density at radius 2 is 1.62 bits per heavy atom. The molecule has 20 heteroatoms. The second kappa shape index (κ2) is 21.0. The Labute approximate surface area is 367 Å². The molecular formula is C44H52FN11O8. The molecule has 0 spiro atoms. The first-order valence-electron chi connectivity index (χ1n) is 20.8. The van der Waals surface area contributed by atoms with E-state index in [1.165, 1.54) is 21.8 Å². The molecule has 7 N–H and O–H groups in total. The minimum Gasteiger partial charge on any atom is -0.477 e. The van der Waals surface area contributed by atoms with Crippen LogP contribution in [-0.4, -0.2) is 92.3 Å². The van der Waals surface area contributed by atoms with Crippen LogP contribution in [0.15, 0.2) is 88.9 Å². The standard InChI is InChI=1S/C44H52FN11O8/c1-4-53-23-32(41(59)60)39(57)31-21-33(45)37(22-36(31)53)54-17-19-55(20-18-54)44(62)64-26-29-12-14-30(15-13-29)49-40(58)35(11-8-16-48-42(46)47)56-24-34(51-52-56)38(27(2)3)50-43(61)63-25-28-9-6-5-7-10-28/h5-7,9-10,12-15,21-24,27,35,38H,4,8,11,16-20,25-26H2,1-3H3,(H,49,58)(H,50,61)(H,59,60)(H4,46,47,48)/t35-,38?/m0/s1. The number of aliphatic imine (C=N–C) groups is 1. The monoisotopic (exact) mass is 881 g/mol. The number of pyridine rings is 1. The van der Waals surface area contributed by atoms with Gasteiger partial charge in [-0.2, -0.15) is 0 Å². The summed E-state index contributed by atoms with van der Waals surface area (Å²) in [7, 11) is 0. The number of anilines is 2. The van der Waals surface area contributed by atoms with E-state index in [1.54, 1.807) is 46.9 Å². The first kappa shape index (κ1) is 46.0. The fraction of sp³-hybridized carbons (Fsp3) is 0.364. The molecular weight excluding hydrogens is 830 g/mol. The highest BCUT2D eigenvalue weighted by atomic mass is 19.1. The molecule has 2 aromatic heterocycles. The van der Waals surface area contributed by atoms with Crippen molar-refractivity contribution in [3.05, 3.63) is 118 Å². The van der Waals surface area contributed by atoms with Crippen molar-refractivity contribution in [2.45, 2.75) is 65.5 Å². The minimum absolute atomic E-state index is 0.0207. The van der Waals surface area contributed by atoms with Gasteiger partial charge in [0.25, 0.3) is 0 Å². The molecule has 3 aromatic carbocycles. The van der Waals surface area contributed by atoms with Crippen molar-refractivity contribution in [2.24, 2.45) is 22.4 Å². The van der Waals surface area contributed by atoms with Crippen molar-refractivity contribution in [1.82, 2.24) is 29.8 Å². The third-order valence-electron chi connectivity index (χ3n) is 10.7. The van der Waals surface area contributed by atoms with Crippen molar-refractivity contribution >= 4 is 52.3 Å². The van der Waals surface area contributed by atoms with Gasteiger partial charge in [-0.15, -0.1) is 5.10 Å². The number of carbonyl (C=O) groups excluding carboxylic acids is 3. The summed E-state index contributed by atoms with van der Waals surface area (Å²) in [6, 6.07) is 17.3. The van der Waals surface area contributed by atoms with Crippen LogP contribution in [0.3, 0.4) is 0 Å². The number of hydrogen-bond acceptors (Lipinski definition) is 11. The predicted molar refractivity (Wildman–Crippen MR) is 236 cm³/mol. The van der Waals surface area contributed by atoms with Gasteiger partial charge in [-0.1, -0.05) is 61.5 Å². The lowest BCUT2D eigenvalue weighted by Crippen LogP contribution is -2.49. The molecule has 3 heterocycles. The number of carbonyl (C=O) groups is 4. The molecule has 1 unspecified atom stereocenters. The maximum atomic E-state index is 15.4. The molecule has 2 atom stereocenters. The molecule has 0 radical (unpaired) electrons. The van der Waals surface area contributed by atoms with Gasteiger partial charge in [-0.05, 0) is 61.1 Å². The number of piperazine rings is 1. The number of guanidine groups is 1. The number of ether oxygens (including phenoxy) is 2. The second-order valence-corrected chi connectivity index (χ2v) is 15.5. The number of carboxylic acid groups (broad SMARTS) is 1. The lowest BCUT2D eigenvalue weighted by Gasteiger charge is -2.35. The van der Waals surface area contributed by atoms with Gasteiger partial charge >= 0.3 is 18.2 Å². The Balaban J connectivity index is 1.04. The second-order valence-electron chi connectivity index (χ2n) is 15.5. The smallest absolute Gasteiger partial charge is 0.410 e. The van der Waals surface area contributed by atoms with Crippen LogP contribution in [0.2, 0.25) is 0 Å². The fourth-order valence-corrected chi connectivity index (χ4v) is 7.27. The average molecular weight is 882 g/mol. The minimum atomic E-state index is -1.38. The Bertz CT molecular complexity index is 2530. The zero-order valence-electron chi connectivity index (χ0n) is 35.8. The summed E-state index contributed by atoms with van der Waals surface area (Å²) in [5.41, 5.74) is 12.9. The van der Waals surface area contributed by atoms with Crippen molar-refractivity contribution in [3.8, 4) is 0 Å². The van der Waals surface area contributed by atoms with Crippen LogP contribution < -0.4 is 32.4 Å². The molecule has 0 bridgehead atoms. The van der Waals surface area contributed by atoms with E-state index >= 15 is 4.39 Å². The van der Waals surface area contributed by atoms with Crippen LogP contribution in [0.25, 0.3) is 10.9 Å². The number of nitrogens with two attached hydrogens (primary N) is 2. The van der Waals surface area contributed by atoms with Gasteiger partial charge in [0.05, 0.1) is 23.4 Å². The Morgan fingerprint density at radius 3 is 2.28 bits per heavy atom.